The van der Waals surface area contributed by atoms with E-state index in [-0.39, 0.29) is 17.5 Å². The van der Waals surface area contributed by atoms with Crippen molar-refractivity contribution in [2.45, 2.75) is 17.5 Å². The largest absolute Gasteiger partial charge is 0.374 e. The highest BCUT2D eigenvalue weighted by Gasteiger charge is 2.27. The van der Waals surface area contributed by atoms with Crippen LogP contribution in [0.1, 0.15) is 5.56 Å². The molecule has 0 saturated carbocycles. The summed E-state index contributed by atoms with van der Waals surface area (Å²) in [5, 5.41) is 11.1. The second-order valence-electron chi connectivity index (χ2n) is 6.29. The highest BCUT2D eigenvalue weighted by Crippen LogP contribution is 2.22. The number of para-hydroxylation sites is 1. The van der Waals surface area contributed by atoms with E-state index in [1.165, 1.54) is 29.8 Å². The monoisotopic (exact) mass is 391 g/mol. The van der Waals surface area contributed by atoms with Gasteiger partial charge in [0.05, 0.1) is 17.6 Å². The maximum Gasteiger partial charge on any atom is 0.289 e. The van der Waals surface area contributed by atoms with E-state index in [0.29, 0.717) is 13.2 Å². The van der Waals surface area contributed by atoms with Crippen LogP contribution in [0, 0.1) is 10.1 Å². The van der Waals surface area contributed by atoms with E-state index in [1.807, 2.05) is 30.3 Å². The van der Waals surface area contributed by atoms with Crippen LogP contribution < -0.4 is 4.72 Å². The Morgan fingerprint density at radius 2 is 1.85 bits per heavy atom. The van der Waals surface area contributed by atoms with E-state index in [9.17, 15) is 18.5 Å². The maximum absolute atomic E-state index is 12.5. The van der Waals surface area contributed by atoms with Gasteiger partial charge in [0.25, 0.3) is 5.69 Å². The van der Waals surface area contributed by atoms with Crippen LogP contribution >= 0.6 is 0 Å². The number of rotatable bonds is 7. The summed E-state index contributed by atoms with van der Waals surface area (Å²) < 4.78 is 33.1. The van der Waals surface area contributed by atoms with E-state index >= 15 is 0 Å². The van der Waals surface area contributed by atoms with Crippen molar-refractivity contribution in [3.05, 3.63) is 70.3 Å². The van der Waals surface area contributed by atoms with Gasteiger partial charge in [-0.2, -0.15) is 0 Å². The van der Waals surface area contributed by atoms with Crippen LogP contribution in [0.2, 0.25) is 0 Å². The highest BCUT2D eigenvalue weighted by atomic mass is 32.2. The van der Waals surface area contributed by atoms with Gasteiger partial charge in [-0.25, -0.2) is 13.1 Å². The standard InChI is InChI=1S/C18H21N3O5S/c22-21(23)17-8-4-5-9-18(17)27(24,25)19-12-16-14-20(10-11-26-16)13-15-6-2-1-3-7-15/h1-9,16,19H,10-14H2. The molecule has 144 valence electrons. The molecule has 3 rings (SSSR count). The van der Waals surface area contributed by atoms with Crippen LogP contribution in [0.25, 0.3) is 0 Å². The number of nitrogens with one attached hydrogen (secondary N) is 1. The zero-order valence-electron chi connectivity index (χ0n) is 14.7. The Morgan fingerprint density at radius 1 is 1.15 bits per heavy atom. The van der Waals surface area contributed by atoms with E-state index in [0.717, 1.165) is 13.1 Å². The average molecular weight is 391 g/mol. The average Bonchev–Trinajstić information content (AvgIpc) is 2.67. The molecule has 1 heterocycles. The van der Waals surface area contributed by atoms with Crippen LogP contribution in [0.15, 0.2) is 59.5 Å². The Hall–Kier alpha value is -2.33. The van der Waals surface area contributed by atoms with Gasteiger partial charge in [0.1, 0.15) is 0 Å². The van der Waals surface area contributed by atoms with Gasteiger partial charge in [0, 0.05) is 32.2 Å². The number of nitrogens with zero attached hydrogens (tertiary/aromatic N) is 2. The van der Waals surface area contributed by atoms with Gasteiger partial charge in [0.2, 0.25) is 10.0 Å². The fourth-order valence-electron chi connectivity index (χ4n) is 3.00. The number of ether oxygens (including phenoxy) is 1. The van der Waals surface area contributed by atoms with Crippen LogP contribution in [0.5, 0.6) is 0 Å². The third-order valence-corrected chi connectivity index (χ3v) is 5.80. The van der Waals surface area contributed by atoms with Crippen molar-refractivity contribution < 1.29 is 18.1 Å². The third-order valence-electron chi connectivity index (χ3n) is 4.32. The SMILES string of the molecule is O=[N+]([O-])c1ccccc1S(=O)(=O)NCC1CN(Cc2ccccc2)CCO1. The van der Waals surface area contributed by atoms with Gasteiger partial charge in [-0.15, -0.1) is 0 Å². The molecular formula is C18H21N3O5S. The number of hydrogen-bond donors (Lipinski definition) is 1. The van der Waals surface area contributed by atoms with Gasteiger partial charge in [-0.05, 0) is 11.6 Å². The molecule has 1 aliphatic rings. The molecule has 1 fully saturated rings. The summed E-state index contributed by atoms with van der Waals surface area (Å²) in [5.41, 5.74) is 0.735. The van der Waals surface area contributed by atoms with Gasteiger partial charge >= 0.3 is 0 Å². The number of nitro groups is 1. The molecule has 0 amide bonds. The Morgan fingerprint density at radius 3 is 2.59 bits per heavy atom. The van der Waals surface area contributed by atoms with Crippen LogP contribution in [0.4, 0.5) is 5.69 Å². The fourth-order valence-corrected chi connectivity index (χ4v) is 4.24. The zero-order valence-corrected chi connectivity index (χ0v) is 15.5. The number of nitro benzene ring substituents is 1. The predicted octanol–water partition coefficient (Wildman–Crippen LogP) is 1.77. The van der Waals surface area contributed by atoms with Crippen LogP contribution in [0.3, 0.4) is 0 Å². The zero-order chi connectivity index (χ0) is 19.3. The smallest absolute Gasteiger partial charge is 0.289 e. The number of morpholine rings is 1. The van der Waals surface area contributed by atoms with Crippen molar-refractivity contribution in [1.29, 1.82) is 0 Å². The summed E-state index contributed by atoms with van der Waals surface area (Å²) in [6, 6.07) is 15.3. The lowest BCUT2D eigenvalue weighted by Crippen LogP contribution is -2.47. The number of benzene rings is 2. The van der Waals surface area contributed by atoms with E-state index in [4.69, 9.17) is 4.74 Å². The summed E-state index contributed by atoms with van der Waals surface area (Å²) in [4.78, 5) is 12.2. The lowest BCUT2D eigenvalue weighted by molar-refractivity contribution is -0.387. The molecular weight excluding hydrogens is 370 g/mol. The highest BCUT2D eigenvalue weighted by molar-refractivity contribution is 7.89. The molecule has 0 spiro atoms. The first-order chi connectivity index (χ1) is 13.0. The molecule has 0 radical (unpaired) electrons. The van der Waals surface area contributed by atoms with Crippen molar-refractivity contribution in [3.63, 3.8) is 0 Å². The molecule has 0 aliphatic carbocycles. The second kappa shape index (κ2) is 8.57. The first-order valence-electron chi connectivity index (χ1n) is 8.57. The first-order valence-corrected chi connectivity index (χ1v) is 10.0. The van der Waals surface area contributed by atoms with Crippen molar-refractivity contribution >= 4 is 15.7 Å². The van der Waals surface area contributed by atoms with E-state index in [2.05, 4.69) is 9.62 Å². The number of hydrogen-bond acceptors (Lipinski definition) is 6. The Bertz CT molecular complexity index is 889. The lowest BCUT2D eigenvalue weighted by atomic mass is 10.2. The molecule has 1 atom stereocenters. The predicted molar refractivity (Wildman–Crippen MR) is 99.7 cm³/mol. The van der Waals surface area contributed by atoms with Crippen LogP contribution in [-0.2, 0) is 21.3 Å². The maximum atomic E-state index is 12.5. The van der Waals surface area contributed by atoms with Gasteiger partial charge in [-0.1, -0.05) is 42.5 Å². The van der Waals surface area contributed by atoms with Crippen LogP contribution in [-0.4, -0.2) is 50.6 Å². The van der Waals surface area contributed by atoms with Crippen molar-refractivity contribution in [3.8, 4) is 0 Å². The molecule has 0 bridgehead atoms. The molecule has 1 saturated heterocycles. The molecule has 1 unspecified atom stereocenters. The quantitative estimate of drug-likeness (QED) is 0.570. The minimum absolute atomic E-state index is 0.0552. The van der Waals surface area contributed by atoms with Gasteiger partial charge in [-0.3, -0.25) is 15.0 Å². The summed E-state index contributed by atoms with van der Waals surface area (Å²) in [7, 11) is -4.00. The fraction of sp³-hybridized carbons (Fsp3) is 0.333. The van der Waals surface area contributed by atoms with E-state index in [1.54, 1.807) is 0 Å². The summed E-state index contributed by atoms with van der Waals surface area (Å²) in [5.74, 6) is 0. The van der Waals surface area contributed by atoms with Gasteiger partial charge in [0.15, 0.2) is 4.90 Å². The molecule has 8 nitrogen and oxygen atoms in total. The summed E-state index contributed by atoms with van der Waals surface area (Å²) >= 11 is 0. The van der Waals surface area contributed by atoms with Gasteiger partial charge < -0.3 is 4.74 Å². The van der Waals surface area contributed by atoms with E-state index < -0.39 is 20.6 Å². The third kappa shape index (κ3) is 5.10. The summed E-state index contributed by atoms with van der Waals surface area (Å²) in [6.07, 6.45) is -0.319. The normalized spacial score (nSPS) is 18.3. The lowest BCUT2D eigenvalue weighted by Gasteiger charge is -2.33. The Kier molecular flexibility index (Phi) is 6.17. The molecule has 0 aromatic heterocycles. The molecule has 9 heteroatoms. The van der Waals surface area contributed by atoms with Crippen molar-refractivity contribution in [2.24, 2.45) is 0 Å². The molecule has 2 aromatic carbocycles. The summed E-state index contributed by atoms with van der Waals surface area (Å²) in [6.45, 7) is 2.67. The number of sulfonamides is 1. The molecule has 1 aliphatic heterocycles. The minimum atomic E-state index is -4.00. The molecule has 27 heavy (non-hydrogen) atoms. The topological polar surface area (TPSA) is 102 Å². The Balaban J connectivity index is 1.61. The molecule has 1 N–H and O–H groups in total. The Labute approximate surface area is 158 Å². The van der Waals surface area contributed by atoms with Crippen molar-refractivity contribution in [2.75, 3.05) is 26.2 Å². The minimum Gasteiger partial charge on any atom is -0.374 e. The molecule has 2 aromatic rings. The second-order valence-corrected chi connectivity index (χ2v) is 8.03. The van der Waals surface area contributed by atoms with Crippen molar-refractivity contribution in [1.82, 2.24) is 9.62 Å². The first kappa shape index (κ1) is 19.4.